The normalized spacial score (nSPS) is 12.7. The fourth-order valence-electron chi connectivity index (χ4n) is 1.49. The number of halogens is 4. The molecule has 0 aliphatic carbocycles. The molecule has 108 valence electrons. The Labute approximate surface area is 114 Å². The van der Waals surface area contributed by atoms with Crippen LogP contribution in [0.3, 0.4) is 0 Å². The van der Waals surface area contributed by atoms with Crippen molar-refractivity contribution in [3.8, 4) is 0 Å². The van der Waals surface area contributed by atoms with Crippen molar-refractivity contribution < 1.29 is 21.6 Å². The second kappa shape index (κ2) is 5.68. The minimum absolute atomic E-state index is 0.171. The summed E-state index contributed by atoms with van der Waals surface area (Å²) in [7, 11) is -4.44. The van der Waals surface area contributed by atoms with Crippen LogP contribution in [-0.2, 0) is 10.0 Å². The third-order valence-corrected chi connectivity index (χ3v) is 4.30. The molecule has 0 spiro atoms. The van der Waals surface area contributed by atoms with E-state index in [1.165, 1.54) is 13.8 Å². The van der Waals surface area contributed by atoms with E-state index in [0.29, 0.717) is 12.1 Å². The molecule has 19 heavy (non-hydrogen) atoms. The summed E-state index contributed by atoms with van der Waals surface area (Å²) in [5.41, 5.74) is -0.978. The molecule has 0 saturated heterocycles. The van der Waals surface area contributed by atoms with E-state index in [9.17, 15) is 21.6 Å². The van der Waals surface area contributed by atoms with Crippen LogP contribution in [0.1, 0.15) is 20.3 Å². The van der Waals surface area contributed by atoms with E-state index in [4.69, 9.17) is 11.6 Å². The van der Waals surface area contributed by atoms with Crippen LogP contribution in [0.5, 0.6) is 0 Å². The van der Waals surface area contributed by atoms with Gasteiger partial charge in [-0.1, -0.05) is 0 Å². The summed E-state index contributed by atoms with van der Waals surface area (Å²) in [5.74, 6) is -3.98. The van der Waals surface area contributed by atoms with Gasteiger partial charge in [-0.3, -0.25) is 0 Å². The Balaban J connectivity index is 3.22. The standard InChI is InChI=1S/C11H13ClF3NO2S/c1-11(2,3-4-12)16-19(17,18)10-8(14)5-7(13)6-9(10)15/h5-6,16H,3-4H2,1-2H3. The quantitative estimate of drug-likeness (QED) is 0.849. The van der Waals surface area contributed by atoms with E-state index in [1.807, 2.05) is 0 Å². The predicted molar refractivity (Wildman–Crippen MR) is 66.1 cm³/mol. The van der Waals surface area contributed by atoms with Gasteiger partial charge in [0.25, 0.3) is 0 Å². The average Bonchev–Trinajstić information content (AvgIpc) is 2.11. The first-order valence-electron chi connectivity index (χ1n) is 5.33. The van der Waals surface area contributed by atoms with Crippen LogP contribution < -0.4 is 4.72 Å². The maximum atomic E-state index is 13.4. The lowest BCUT2D eigenvalue weighted by atomic mass is 10.0. The first-order chi connectivity index (χ1) is 8.59. The van der Waals surface area contributed by atoms with Gasteiger partial charge in [-0.25, -0.2) is 26.3 Å². The molecule has 1 N–H and O–H groups in total. The van der Waals surface area contributed by atoms with Crippen molar-refractivity contribution in [2.45, 2.75) is 30.7 Å². The zero-order valence-corrected chi connectivity index (χ0v) is 11.9. The first-order valence-corrected chi connectivity index (χ1v) is 7.35. The molecule has 0 heterocycles. The van der Waals surface area contributed by atoms with Crippen molar-refractivity contribution in [1.29, 1.82) is 0 Å². The summed E-state index contributed by atoms with van der Waals surface area (Å²) >= 11 is 5.51. The van der Waals surface area contributed by atoms with Gasteiger partial charge < -0.3 is 0 Å². The number of hydrogen-bond donors (Lipinski definition) is 1. The number of nitrogens with one attached hydrogen (secondary N) is 1. The lowest BCUT2D eigenvalue weighted by Crippen LogP contribution is -2.44. The van der Waals surface area contributed by atoms with Gasteiger partial charge in [0.05, 0.1) is 0 Å². The number of rotatable bonds is 5. The molecule has 1 rings (SSSR count). The summed E-state index contributed by atoms with van der Waals surface area (Å²) in [5, 5.41) is 0. The van der Waals surface area contributed by atoms with Gasteiger partial charge in [-0.2, -0.15) is 0 Å². The molecule has 0 fully saturated rings. The zero-order valence-electron chi connectivity index (χ0n) is 10.3. The van der Waals surface area contributed by atoms with E-state index in [-0.39, 0.29) is 12.3 Å². The minimum atomic E-state index is -4.44. The smallest absolute Gasteiger partial charge is 0.207 e. The van der Waals surface area contributed by atoms with Crippen LogP contribution in [0.25, 0.3) is 0 Å². The topological polar surface area (TPSA) is 46.2 Å². The van der Waals surface area contributed by atoms with Gasteiger partial charge in [0.15, 0.2) is 4.90 Å². The molecule has 0 atom stereocenters. The van der Waals surface area contributed by atoms with E-state index in [0.717, 1.165) is 0 Å². The molecule has 0 bridgehead atoms. The molecule has 0 radical (unpaired) electrons. The number of sulfonamides is 1. The van der Waals surface area contributed by atoms with Gasteiger partial charge in [0, 0.05) is 23.6 Å². The molecule has 0 saturated carbocycles. The largest absolute Gasteiger partial charge is 0.246 e. The Morgan fingerprint density at radius 1 is 1.21 bits per heavy atom. The van der Waals surface area contributed by atoms with Crippen LogP contribution >= 0.6 is 11.6 Å². The lowest BCUT2D eigenvalue weighted by Gasteiger charge is -2.25. The first kappa shape index (κ1) is 16.3. The molecule has 1 aromatic rings. The Bertz CT molecular complexity index is 552. The van der Waals surface area contributed by atoms with Gasteiger partial charge in [0.1, 0.15) is 17.5 Å². The second-order valence-electron chi connectivity index (χ2n) is 4.63. The van der Waals surface area contributed by atoms with E-state index in [2.05, 4.69) is 4.72 Å². The third-order valence-electron chi connectivity index (χ3n) is 2.36. The van der Waals surface area contributed by atoms with Crippen LogP contribution in [0.15, 0.2) is 17.0 Å². The van der Waals surface area contributed by atoms with Crippen LogP contribution in [0.4, 0.5) is 13.2 Å². The van der Waals surface area contributed by atoms with E-state index >= 15 is 0 Å². The van der Waals surface area contributed by atoms with Crippen molar-refractivity contribution >= 4 is 21.6 Å². The molecular weight excluding hydrogens is 303 g/mol. The molecule has 0 amide bonds. The third kappa shape index (κ3) is 4.09. The summed E-state index contributed by atoms with van der Waals surface area (Å²) in [4.78, 5) is -1.20. The molecule has 0 aromatic heterocycles. The van der Waals surface area contributed by atoms with Gasteiger partial charge >= 0.3 is 0 Å². The highest BCUT2D eigenvalue weighted by atomic mass is 35.5. The SMILES string of the molecule is CC(C)(CCCl)NS(=O)(=O)c1c(F)cc(F)cc1F. The van der Waals surface area contributed by atoms with Crippen molar-refractivity contribution in [1.82, 2.24) is 4.72 Å². The molecule has 1 aromatic carbocycles. The minimum Gasteiger partial charge on any atom is -0.207 e. The number of benzene rings is 1. The van der Waals surface area contributed by atoms with Crippen molar-refractivity contribution in [2.75, 3.05) is 5.88 Å². The van der Waals surface area contributed by atoms with Crippen LogP contribution in [0.2, 0.25) is 0 Å². The molecule has 0 aliphatic heterocycles. The molecule has 8 heteroatoms. The van der Waals surface area contributed by atoms with Gasteiger partial charge in [0.2, 0.25) is 10.0 Å². The fourth-order valence-corrected chi connectivity index (χ4v) is 3.52. The van der Waals surface area contributed by atoms with Gasteiger partial charge in [-0.15, -0.1) is 11.6 Å². The van der Waals surface area contributed by atoms with Gasteiger partial charge in [-0.05, 0) is 20.3 Å². The predicted octanol–water partition coefficient (Wildman–Crippen LogP) is 2.79. The monoisotopic (exact) mass is 315 g/mol. The summed E-state index contributed by atoms with van der Waals surface area (Å²) < 4.78 is 65.6. The van der Waals surface area contributed by atoms with E-state index < -0.39 is 37.9 Å². The Morgan fingerprint density at radius 3 is 2.11 bits per heavy atom. The maximum Gasteiger partial charge on any atom is 0.246 e. The highest BCUT2D eigenvalue weighted by molar-refractivity contribution is 7.89. The number of alkyl halides is 1. The average molecular weight is 316 g/mol. The zero-order chi connectivity index (χ0) is 14.8. The highest BCUT2D eigenvalue weighted by Crippen LogP contribution is 2.22. The fraction of sp³-hybridized carbons (Fsp3) is 0.455. The molecule has 3 nitrogen and oxygen atoms in total. The Hall–Kier alpha value is -0.790. The number of hydrogen-bond acceptors (Lipinski definition) is 2. The van der Waals surface area contributed by atoms with Crippen LogP contribution in [-0.4, -0.2) is 19.8 Å². The summed E-state index contributed by atoms with van der Waals surface area (Å²) in [6.07, 6.45) is 0.262. The van der Waals surface area contributed by atoms with Crippen molar-refractivity contribution in [3.63, 3.8) is 0 Å². The van der Waals surface area contributed by atoms with Crippen molar-refractivity contribution in [3.05, 3.63) is 29.6 Å². The summed E-state index contributed by atoms with van der Waals surface area (Å²) in [6, 6.07) is 0.623. The molecule has 0 unspecified atom stereocenters. The van der Waals surface area contributed by atoms with Crippen molar-refractivity contribution in [2.24, 2.45) is 0 Å². The maximum absolute atomic E-state index is 13.4. The van der Waals surface area contributed by atoms with Crippen LogP contribution in [0, 0.1) is 17.5 Å². The second-order valence-corrected chi connectivity index (χ2v) is 6.62. The lowest BCUT2D eigenvalue weighted by molar-refractivity contribution is 0.433. The van der Waals surface area contributed by atoms with E-state index in [1.54, 1.807) is 0 Å². The molecular formula is C11H13ClF3NO2S. The Morgan fingerprint density at radius 2 is 1.68 bits per heavy atom. The Kier molecular flexibility index (Phi) is 4.86. The highest BCUT2D eigenvalue weighted by Gasteiger charge is 2.30. The molecule has 0 aliphatic rings. The summed E-state index contributed by atoms with van der Waals surface area (Å²) in [6.45, 7) is 3.04.